The first kappa shape index (κ1) is 33.9. The van der Waals surface area contributed by atoms with Crippen LogP contribution in [-0.4, -0.2) is 28.2 Å². The van der Waals surface area contributed by atoms with Gasteiger partial charge < -0.3 is 5.32 Å². The van der Waals surface area contributed by atoms with Crippen LogP contribution < -0.4 is 5.32 Å². The Morgan fingerprint density at radius 3 is 2.18 bits per heavy atom. The topological polar surface area (TPSA) is 63.2 Å². The van der Waals surface area contributed by atoms with Crippen molar-refractivity contribution in [2.45, 2.75) is 34.4 Å². The van der Waals surface area contributed by atoms with E-state index in [4.69, 9.17) is 34.8 Å². The molecule has 0 spiro atoms. The highest BCUT2D eigenvalue weighted by Crippen LogP contribution is 3.02. The third kappa shape index (κ3) is 7.13. The van der Waals surface area contributed by atoms with Gasteiger partial charge in [-0.25, -0.2) is 17.6 Å². The molecule has 1 fully saturated rings. The largest absolute Gasteiger partial charge is 0.326 e. The predicted octanol–water partition coefficient (Wildman–Crippen LogP) is 9.60. The van der Waals surface area contributed by atoms with E-state index in [1.807, 2.05) is 0 Å². The van der Waals surface area contributed by atoms with E-state index in [2.05, 4.69) is 5.32 Å². The molecule has 1 amide bonds. The molecule has 4 rings (SSSR count). The number of alkyl halides is 4. The number of hydrogen-bond donors (Lipinski definition) is 1. The number of nitrogens with one attached hydrogen (secondary N) is 1. The number of amides is 1. The van der Waals surface area contributed by atoms with Crippen LogP contribution in [0.25, 0.3) is 0 Å². The van der Waals surface area contributed by atoms with Gasteiger partial charge in [0.1, 0.15) is 20.9 Å². The van der Waals surface area contributed by atoms with Crippen LogP contribution in [-0.2, 0) is 22.4 Å². The van der Waals surface area contributed by atoms with E-state index in [-0.39, 0.29) is 34.0 Å². The second kappa shape index (κ2) is 10.8. The van der Waals surface area contributed by atoms with Gasteiger partial charge in [0, 0.05) is 35.6 Å². The number of anilines is 1. The highest BCUT2D eigenvalue weighted by molar-refractivity contribution is 8.45. The first-order valence-corrected chi connectivity index (χ1v) is 15.2. The maximum Gasteiger partial charge on any atom is 0.310 e. The number of ketones is 2. The molecule has 1 aliphatic carbocycles. The van der Waals surface area contributed by atoms with E-state index in [9.17, 15) is 51.4 Å². The molecule has 0 saturated heterocycles. The Balaban J connectivity index is 1.53. The molecule has 3 aromatic rings. The number of halogens is 12. The second-order valence-electron chi connectivity index (χ2n) is 9.90. The van der Waals surface area contributed by atoms with E-state index >= 15 is 0 Å². The Kier molecular flexibility index (Phi) is 8.37. The molecule has 0 aliphatic heterocycles. The summed E-state index contributed by atoms with van der Waals surface area (Å²) in [4.78, 5) is 35.1. The summed E-state index contributed by atoms with van der Waals surface area (Å²) in [5.74, 6) is -8.93. The van der Waals surface area contributed by atoms with Gasteiger partial charge in [-0.1, -0.05) is 49.2 Å². The third-order valence-electron chi connectivity index (χ3n) is 6.74. The van der Waals surface area contributed by atoms with Crippen molar-refractivity contribution >= 4 is 68.2 Å². The Hall–Kier alpha value is -2.94. The third-order valence-corrected chi connectivity index (χ3v) is 9.16. The lowest BCUT2D eigenvalue weighted by molar-refractivity contribution is -0.128. The number of rotatable bonds is 10. The molecule has 0 heterocycles. The molecular formula is C27H17Cl3F9NO3S. The lowest BCUT2D eigenvalue weighted by atomic mass is 9.98. The highest BCUT2D eigenvalue weighted by atomic mass is 35.5. The summed E-state index contributed by atoms with van der Waals surface area (Å²) in [6.07, 6.45) is -5.49. The molecule has 1 saturated carbocycles. The van der Waals surface area contributed by atoms with Crippen molar-refractivity contribution in [3.63, 3.8) is 0 Å². The van der Waals surface area contributed by atoms with Crippen molar-refractivity contribution < 1.29 is 51.4 Å². The Bertz CT molecular complexity index is 1700. The second-order valence-corrected chi connectivity index (χ2v) is 14.2. The van der Waals surface area contributed by atoms with Gasteiger partial charge in [0.2, 0.25) is 11.7 Å². The van der Waals surface area contributed by atoms with Gasteiger partial charge in [0.25, 0.3) is 6.43 Å². The van der Waals surface area contributed by atoms with Crippen LogP contribution in [0.2, 0.25) is 5.02 Å². The van der Waals surface area contributed by atoms with Crippen LogP contribution in [0.1, 0.15) is 33.0 Å². The minimum Gasteiger partial charge on any atom is -0.326 e. The number of hydrogen-bond acceptors (Lipinski definition) is 3. The SMILES string of the molecule is O=C(Cc1ccc(F)c(CC(=O)C(F)F)c1F)c1cc(NC(=O)C2C(c3cccc(S(F)(F)(F)(F)F)c3)C2(Cl)Cl)ccc1Cl. The number of benzene rings is 3. The standard InChI is InChI=1S/C27H17Cl3F9NO3S/c28-18-6-5-14(10-16(18)20(41)9-13-4-7-19(31)17(24(13)32)11-21(42)25(33)34)40-26(43)23-22(27(23,29)30)12-2-1-3-15(8-12)44(35,36,37,38)39/h1-8,10,22-23,25H,9,11H2,(H,40,43). The monoisotopic (exact) mass is 711 g/mol. The molecule has 0 aromatic heterocycles. The van der Waals surface area contributed by atoms with Crippen LogP contribution in [0.15, 0.2) is 59.5 Å². The molecule has 0 bridgehead atoms. The van der Waals surface area contributed by atoms with Gasteiger partial charge in [-0.3, -0.25) is 14.4 Å². The molecule has 4 nitrogen and oxygen atoms in total. The van der Waals surface area contributed by atoms with E-state index in [0.29, 0.717) is 6.07 Å². The normalized spacial score (nSPS) is 19.2. The van der Waals surface area contributed by atoms with Crippen molar-refractivity contribution in [2.24, 2.45) is 5.92 Å². The van der Waals surface area contributed by atoms with Gasteiger partial charge in [-0.2, -0.15) is 0 Å². The Morgan fingerprint density at radius 2 is 1.57 bits per heavy atom. The van der Waals surface area contributed by atoms with Crippen molar-refractivity contribution in [2.75, 3.05) is 5.32 Å². The molecule has 17 heteroatoms. The van der Waals surface area contributed by atoms with Crippen LogP contribution in [0.5, 0.6) is 0 Å². The fourth-order valence-corrected chi connectivity index (χ4v) is 6.26. The zero-order valence-electron chi connectivity index (χ0n) is 21.5. The zero-order valence-corrected chi connectivity index (χ0v) is 24.6. The minimum atomic E-state index is -10.0. The van der Waals surface area contributed by atoms with E-state index in [0.717, 1.165) is 30.3 Å². The predicted molar refractivity (Wildman–Crippen MR) is 148 cm³/mol. The minimum absolute atomic E-state index is 0.0962. The van der Waals surface area contributed by atoms with Crippen molar-refractivity contribution in [1.82, 2.24) is 0 Å². The van der Waals surface area contributed by atoms with Gasteiger partial charge in [-0.05, 0) is 47.5 Å². The van der Waals surface area contributed by atoms with Gasteiger partial charge in [-0.15, -0.1) is 23.2 Å². The van der Waals surface area contributed by atoms with Crippen LogP contribution in [0, 0.1) is 17.6 Å². The van der Waals surface area contributed by atoms with Gasteiger partial charge in [0.05, 0.1) is 10.9 Å². The summed E-state index contributed by atoms with van der Waals surface area (Å²) in [5, 5.41) is 2.18. The molecule has 1 aliphatic rings. The zero-order chi connectivity index (χ0) is 33.1. The average molecular weight is 713 g/mol. The molecule has 2 unspecified atom stereocenters. The van der Waals surface area contributed by atoms with Crippen LogP contribution in [0.3, 0.4) is 0 Å². The molecule has 0 radical (unpaired) electrons. The summed E-state index contributed by atoms with van der Waals surface area (Å²) in [6, 6.07) is 7.13. The first-order valence-electron chi connectivity index (χ1n) is 12.1. The lowest BCUT2D eigenvalue weighted by Gasteiger charge is -2.40. The summed E-state index contributed by atoms with van der Waals surface area (Å²) < 4.78 is 119. The van der Waals surface area contributed by atoms with Crippen LogP contribution >= 0.6 is 45.0 Å². The van der Waals surface area contributed by atoms with E-state index in [1.54, 1.807) is 0 Å². The maximum absolute atomic E-state index is 14.9. The van der Waals surface area contributed by atoms with E-state index in [1.165, 1.54) is 6.07 Å². The van der Waals surface area contributed by atoms with Gasteiger partial charge in [0.15, 0.2) is 5.78 Å². The molecular weight excluding hydrogens is 696 g/mol. The first-order chi connectivity index (χ1) is 20.0. The number of carbonyl (C=O) groups is 3. The fraction of sp³-hybridized carbons (Fsp3) is 0.222. The summed E-state index contributed by atoms with van der Waals surface area (Å²) in [5.41, 5.74) is -2.15. The molecule has 1 N–H and O–H groups in total. The van der Waals surface area contributed by atoms with Crippen molar-refractivity contribution in [3.8, 4) is 0 Å². The van der Waals surface area contributed by atoms with Gasteiger partial charge >= 0.3 is 10.2 Å². The summed E-state index contributed by atoms with van der Waals surface area (Å²) in [6.45, 7) is 0. The number of Topliss-reactive ketones (excluding diaryl/α,β-unsaturated/α-hetero) is 2. The average Bonchev–Trinajstić information content (AvgIpc) is 3.49. The van der Waals surface area contributed by atoms with Crippen molar-refractivity contribution in [1.29, 1.82) is 0 Å². The Morgan fingerprint density at radius 1 is 0.909 bits per heavy atom. The molecule has 3 aromatic carbocycles. The van der Waals surface area contributed by atoms with E-state index < -0.39 is 90.8 Å². The van der Waals surface area contributed by atoms with Crippen LogP contribution in [0.4, 0.5) is 42.7 Å². The summed E-state index contributed by atoms with van der Waals surface area (Å²) in [7, 11) is -10.0. The molecule has 2 atom stereocenters. The fourth-order valence-electron chi connectivity index (χ4n) is 4.52. The number of carbonyl (C=O) groups excluding carboxylic acids is 3. The lowest BCUT2D eigenvalue weighted by Crippen LogP contribution is -2.18. The summed E-state index contributed by atoms with van der Waals surface area (Å²) >= 11 is 18.4. The quantitative estimate of drug-likeness (QED) is 0.129. The smallest absolute Gasteiger partial charge is 0.310 e. The highest BCUT2D eigenvalue weighted by Gasteiger charge is 2.69. The Labute approximate surface area is 258 Å². The molecule has 44 heavy (non-hydrogen) atoms. The molecule has 238 valence electrons. The maximum atomic E-state index is 14.9. The van der Waals surface area contributed by atoms with Crippen molar-refractivity contribution in [3.05, 3.63) is 93.5 Å².